The highest BCUT2D eigenvalue weighted by Gasteiger charge is 2.21. The van der Waals surface area contributed by atoms with Crippen molar-refractivity contribution in [1.29, 1.82) is 0 Å². The molecule has 0 aliphatic carbocycles. The van der Waals surface area contributed by atoms with E-state index in [9.17, 15) is 9.90 Å². The molecule has 15 heavy (non-hydrogen) atoms. The lowest BCUT2D eigenvalue weighted by Gasteiger charge is -2.04. The van der Waals surface area contributed by atoms with Gasteiger partial charge in [-0.3, -0.25) is 0 Å². The maximum atomic E-state index is 11.4. The minimum Gasteiger partial charge on any atom is -0.464 e. The lowest BCUT2D eigenvalue weighted by Crippen LogP contribution is -2.10. The third-order valence-corrected chi connectivity index (χ3v) is 2.24. The lowest BCUT2D eigenvalue weighted by atomic mass is 10.1. The van der Waals surface area contributed by atoms with Gasteiger partial charge in [0.05, 0.1) is 12.2 Å². The molecule has 1 aromatic rings. The van der Waals surface area contributed by atoms with E-state index in [4.69, 9.17) is 9.47 Å². The minimum absolute atomic E-state index is 0.347. The van der Waals surface area contributed by atoms with Gasteiger partial charge in [-0.2, -0.15) is 0 Å². The van der Waals surface area contributed by atoms with Crippen LogP contribution in [0.1, 0.15) is 22.8 Å². The van der Waals surface area contributed by atoms with Gasteiger partial charge in [0.2, 0.25) is 6.29 Å². The molecule has 4 nitrogen and oxygen atoms in total. The van der Waals surface area contributed by atoms with Crippen LogP contribution in [0.25, 0.3) is 0 Å². The topological polar surface area (TPSA) is 55.8 Å². The average Bonchev–Trinajstić information content (AvgIpc) is 2.57. The molecule has 0 saturated carbocycles. The Morgan fingerprint density at radius 1 is 1.67 bits per heavy atom. The maximum absolute atomic E-state index is 11.4. The SMILES string of the molecule is CCOC(=O)c1ccc2c(c1)OC(O)C2. The van der Waals surface area contributed by atoms with Gasteiger partial charge in [-0.05, 0) is 19.1 Å². The Morgan fingerprint density at radius 2 is 2.47 bits per heavy atom. The summed E-state index contributed by atoms with van der Waals surface area (Å²) in [5, 5.41) is 9.25. The molecule has 0 fully saturated rings. The van der Waals surface area contributed by atoms with Crippen molar-refractivity contribution in [2.75, 3.05) is 6.61 Å². The van der Waals surface area contributed by atoms with Crippen molar-refractivity contribution in [1.82, 2.24) is 0 Å². The number of fused-ring (bicyclic) bond motifs is 1. The number of rotatable bonds is 2. The van der Waals surface area contributed by atoms with E-state index in [2.05, 4.69) is 0 Å². The number of benzene rings is 1. The zero-order chi connectivity index (χ0) is 10.8. The number of carbonyl (C=O) groups excluding carboxylic acids is 1. The smallest absolute Gasteiger partial charge is 0.338 e. The number of esters is 1. The summed E-state index contributed by atoms with van der Waals surface area (Å²) >= 11 is 0. The molecule has 0 saturated heterocycles. The summed E-state index contributed by atoms with van der Waals surface area (Å²) in [4.78, 5) is 11.4. The second-order valence-corrected chi connectivity index (χ2v) is 3.32. The van der Waals surface area contributed by atoms with E-state index in [0.717, 1.165) is 5.56 Å². The molecule has 4 heteroatoms. The summed E-state index contributed by atoms with van der Waals surface area (Å²) in [6.45, 7) is 2.10. The predicted molar refractivity (Wildman–Crippen MR) is 52.7 cm³/mol. The zero-order valence-electron chi connectivity index (χ0n) is 8.40. The number of aliphatic hydroxyl groups is 1. The normalized spacial score (nSPS) is 18.1. The first-order valence-electron chi connectivity index (χ1n) is 4.85. The molecule has 0 radical (unpaired) electrons. The summed E-state index contributed by atoms with van der Waals surface area (Å²) in [6, 6.07) is 5.06. The number of aliphatic hydroxyl groups excluding tert-OH is 1. The van der Waals surface area contributed by atoms with Crippen molar-refractivity contribution >= 4 is 5.97 Å². The second kappa shape index (κ2) is 3.90. The molecule has 2 rings (SSSR count). The largest absolute Gasteiger partial charge is 0.464 e. The third-order valence-electron chi connectivity index (χ3n) is 2.24. The van der Waals surface area contributed by atoms with Gasteiger partial charge in [0.25, 0.3) is 0 Å². The molecule has 1 atom stereocenters. The van der Waals surface area contributed by atoms with Crippen LogP contribution in [0, 0.1) is 0 Å². The Hall–Kier alpha value is -1.55. The summed E-state index contributed by atoms with van der Waals surface area (Å²) in [5.41, 5.74) is 1.36. The Kier molecular flexibility index (Phi) is 2.60. The van der Waals surface area contributed by atoms with E-state index < -0.39 is 6.29 Å². The predicted octanol–water partition coefficient (Wildman–Crippen LogP) is 1.12. The van der Waals surface area contributed by atoms with E-state index in [1.807, 2.05) is 0 Å². The van der Waals surface area contributed by atoms with Crippen LogP contribution >= 0.6 is 0 Å². The maximum Gasteiger partial charge on any atom is 0.338 e. The van der Waals surface area contributed by atoms with Crippen LogP contribution in [0.4, 0.5) is 0 Å². The Labute approximate surface area is 87.4 Å². The molecule has 1 aliphatic heterocycles. The van der Waals surface area contributed by atoms with Gasteiger partial charge in [-0.1, -0.05) is 6.07 Å². The first kappa shape index (κ1) is 9.98. The molecular weight excluding hydrogens is 196 g/mol. The summed E-state index contributed by atoms with van der Waals surface area (Å²) in [7, 11) is 0. The van der Waals surface area contributed by atoms with Crippen molar-refractivity contribution < 1.29 is 19.4 Å². The monoisotopic (exact) mass is 208 g/mol. The molecular formula is C11H12O4. The van der Waals surface area contributed by atoms with Crippen molar-refractivity contribution in [2.45, 2.75) is 19.6 Å². The van der Waals surface area contributed by atoms with E-state index in [1.165, 1.54) is 0 Å². The molecule has 0 bridgehead atoms. The minimum atomic E-state index is -0.794. The lowest BCUT2D eigenvalue weighted by molar-refractivity contribution is 0.00202. The van der Waals surface area contributed by atoms with Crippen LogP contribution in [-0.4, -0.2) is 24.0 Å². The Bertz CT molecular complexity index is 386. The van der Waals surface area contributed by atoms with Crippen molar-refractivity contribution in [3.63, 3.8) is 0 Å². The number of hydrogen-bond acceptors (Lipinski definition) is 4. The van der Waals surface area contributed by atoms with Gasteiger partial charge < -0.3 is 14.6 Å². The van der Waals surface area contributed by atoms with Gasteiger partial charge in [-0.15, -0.1) is 0 Å². The Balaban J connectivity index is 2.23. The molecule has 1 heterocycles. The van der Waals surface area contributed by atoms with Crippen LogP contribution in [0.5, 0.6) is 5.75 Å². The highest BCUT2D eigenvalue weighted by atomic mass is 16.6. The Morgan fingerprint density at radius 3 is 3.20 bits per heavy atom. The summed E-state index contributed by atoms with van der Waals surface area (Å²) < 4.78 is 9.98. The zero-order valence-corrected chi connectivity index (χ0v) is 8.40. The van der Waals surface area contributed by atoms with Crippen LogP contribution in [0.15, 0.2) is 18.2 Å². The highest BCUT2D eigenvalue weighted by molar-refractivity contribution is 5.90. The van der Waals surface area contributed by atoms with Gasteiger partial charge in [0, 0.05) is 12.0 Å². The first-order valence-corrected chi connectivity index (χ1v) is 4.85. The highest BCUT2D eigenvalue weighted by Crippen LogP contribution is 2.28. The fourth-order valence-electron chi connectivity index (χ4n) is 1.55. The van der Waals surface area contributed by atoms with Crippen LogP contribution < -0.4 is 4.74 Å². The molecule has 1 N–H and O–H groups in total. The average molecular weight is 208 g/mol. The fourth-order valence-corrected chi connectivity index (χ4v) is 1.55. The number of carbonyl (C=O) groups is 1. The van der Waals surface area contributed by atoms with Crippen molar-refractivity contribution in [2.24, 2.45) is 0 Å². The number of ether oxygens (including phenoxy) is 2. The standard InChI is InChI=1S/C11H12O4/c1-2-14-11(13)8-4-3-7-6-10(12)15-9(7)5-8/h3-5,10,12H,2,6H2,1H3. The van der Waals surface area contributed by atoms with Gasteiger partial charge in [0.1, 0.15) is 5.75 Å². The molecule has 0 spiro atoms. The summed E-state index contributed by atoms with van der Waals surface area (Å²) in [6.07, 6.45) is -0.323. The van der Waals surface area contributed by atoms with E-state index in [0.29, 0.717) is 24.3 Å². The van der Waals surface area contributed by atoms with Gasteiger partial charge in [0.15, 0.2) is 0 Å². The van der Waals surface area contributed by atoms with Gasteiger partial charge in [-0.25, -0.2) is 4.79 Å². The molecule has 1 aromatic carbocycles. The molecule has 0 amide bonds. The second-order valence-electron chi connectivity index (χ2n) is 3.32. The van der Waals surface area contributed by atoms with Crippen LogP contribution in [0.2, 0.25) is 0 Å². The van der Waals surface area contributed by atoms with Crippen LogP contribution in [0.3, 0.4) is 0 Å². The van der Waals surface area contributed by atoms with E-state index >= 15 is 0 Å². The first-order chi connectivity index (χ1) is 7.20. The van der Waals surface area contributed by atoms with Gasteiger partial charge >= 0.3 is 5.97 Å². The van der Waals surface area contributed by atoms with E-state index in [-0.39, 0.29) is 5.97 Å². The van der Waals surface area contributed by atoms with Crippen molar-refractivity contribution in [3.05, 3.63) is 29.3 Å². The molecule has 0 aromatic heterocycles. The fraction of sp³-hybridized carbons (Fsp3) is 0.364. The third kappa shape index (κ3) is 1.94. The van der Waals surface area contributed by atoms with Crippen LogP contribution in [-0.2, 0) is 11.2 Å². The molecule has 1 aliphatic rings. The van der Waals surface area contributed by atoms with Crippen molar-refractivity contribution in [3.8, 4) is 5.75 Å². The molecule has 1 unspecified atom stereocenters. The summed E-state index contributed by atoms with van der Waals surface area (Å²) in [5.74, 6) is 0.193. The van der Waals surface area contributed by atoms with E-state index in [1.54, 1.807) is 25.1 Å². The number of hydrogen-bond donors (Lipinski definition) is 1. The quantitative estimate of drug-likeness (QED) is 0.740. The molecule has 80 valence electrons.